The normalized spacial score (nSPS) is 13.4. The summed E-state index contributed by atoms with van der Waals surface area (Å²) in [5, 5.41) is 7.56. The number of anilines is 5. The molecular weight excluding hydrogens is 354 g/mol. The SMILES string of the molecule is CC(C)Cn1cc(Nc2ncc3c(n2)N(C)c2ccccc2C(=O)N3C)cn1. The van der Waals surface area contributed by atoms with Gasteiger partial charge in [0.05, 0.1) is 29.3 Å². The number of nitrogens with one attached hydrogen (secondary N) is 1. The molecule has 0 spiro atoms. The largest absolute Gasteiger partial charge is 0.327 e. The lowest BCUT2D eigenvalue weighted by Crippen LogP contribution is -2.25. The highest BCUT2D eigenvalue weighted by molar-refractivity contribution is 6.13. The predicted octanol–water partition coefficient (Wildman–Crippen LogP) is 3.43. The van der Waals surface area contributed by atoms with Crippen LogP contribution in [-0.4, -0.2) is 39.8 Å². The van der Waals surface area contributed by atoms with Crippen molar-refractivity contribution in [3.8, 4) is 0 Å². The summed E-state index contributed by atoms with van der Waals surface area (Å²) in [5.74, 6) is 1.54. The van der Waals surface area contributed by atoms with Crippen LogP contribution < -0.4 is 15.1 Å². The van der Waals surface area contributed by atoms with Gasteiger partial charge in [-0.3, -0.25) is 9.48 Å². The van der Waals surface area contributed by atoms with Gasteiger partial charge >= 0.3 is 0 Å². The number of amides is 1. The van der Waals surface area contributed by atoms with Gasteiger partial charge in [-0.1, -0.05) is 26.0 Å². The number of para-hydroxylation sites is 1. The first-order chi connectivity index (χ1) is 13.4. The number of nitrogens with zero attached hydrogens (tertiary/aromatic N) is 6. The Labute approximate surface area is 163 Å². The number of carbonyl (C=O) groups excluding carboxylic acids is 1. The summed E-state index contributed by atoms with van der Waals surface area (Å²) in [7, 11) is 3.64. The minimum Gasteiger partial charge on any atom is -0.327 e. The summed E-state index contributed by atoms with van der Waals surface area (Å²) in [6.45, 7) is 5.14. The second-order valence-electron chi connectivity index (χ2n) is 7.31. The third-order valence-corrected chi connectivity index (χ3v) is 4.67. The molecule has 2 aromatic heterocycles. The number of hydrogen-bond acceptors (Lipinski definition) is 6. The molecule has 4 rings (SSSR count). The molecule has 0 saturated heterocycles. The van der Waals surface area contributed by atoms with Crippen LogP contribution in [0.25, 0.3) is 0 Å². The molecule has 8 nitrogen and oxygen atoms in total. The number of carbonyl (C=O) groups is 1. The third-order valence-electron chi connectivity index (χ3n) is 4.67. The van der Waals surface area contributed by atoms with Crippen molar-refractivity contribution in [2.75, 3.05) is 29.2 Å². The van der Waals surface area contributed by atoms with E-state index < -0.39 is 0 Å². The van der Waals surface area contributed by atoms with Crippen molar-refractivity contribution in [2.24, 2.45) is 5.92 Å². The van der Waals surface area contributed by atoms with E-state index in [9.17, 15) is 4.79 Å². The second kappa shape index (κ2) is 6.95. The van der Waals surface area contributed by atoms with Gasteiger partial charge in [-0.05, 0) is 18.1 Å². The molecule has 3 heterocycles. The minimum atomic E-state index is -0.0829. The summed E-state index contributed by atoms with van der Waals surface area (Å²) in [4.78, 5) is 25.4. The van der Waals surface area contributed by atoms with Crippen LogP contribution in [-0.2, 0) is 6.54 Å². The molecule has 1 amide bonds. The summed E-state index contributed by atoms with van der Waals surface area (Å²) in [5.41, 5.74) is 2.92. The molecule has 1 aromatic carbocycles. The molecule has 0 radical (unpaired) electrons. The van der Waals surface area contributed by atoms with Crippen molar-refractivity contribution in [2.45, 2.75) is 20.4 Å². The van der Waals surface area contributed by atoms with E-state index in [1.165, 1.54) is 0 Å². The van der Waals surface area contributed by atoms with Crippen molar-refractivity contribution in [1.82, 2.24) is 19.7 Å². The average molecular weight is 377 g/mol. The zero-order valence-electron chi connectivity index (χ0n) is 16.4. The fourth-order valence-corrected chi connectivity index (χ4v) is 3.29. The van der Waals surface area contributed by atoms with Crippen LogP contribution >= 0.6 is 0 Å². The highest BCUT2D eigenvalue weighted by atomic mass is 16.2. The first-order valence-corrected chi connectivity index (χ1v) is 9.21. The van der Waals surface area contributed by atoms with E-state index in [1.54, 1.807) is 24.3 Å². The molecule has 1 N–H and O–H groups in total. The number of benzene rings is 1. The first kappa shape index (κ1) is 18.0. The van der Waals surface area contributed by atoms with Gasteiger partial charge in [0.25, 0.3) is 5.91 Å². The molecule has 8 heteroatoms. The lowest BCUT2D eigenvalue weighted by atomic mass is 10.1. The fraction of sp³-hybridized carbons (Fsp3) is 0.300. The standard InChI is InChI=1S/C20H23N7O/c1-13(2)11-27-12-14(9-22-27)23-20-21-10-17-18(24-20)25(3)16-8-6-5-7-15(16)19(28)26(17)4/h5-10,12-13H,11H2,1-4H3,(H,21,23,24). The molecule has 0 fully saturated rings. The van der Waals surface area contributed by atoms with Crippen LogP contribution in [0.3, 0.4) is 0 Å². The van der Waals surface area contributed by atoms with Crippen molar-refractivity contribution in [3.05, 3.63) is 48.4 Å². The Morgan fingerprint density at radius 1 is 1.07 bits per heavy atom. The molecule has 3 aromatic rings. The predicted molar refractivity (Wildman–Crippen MR) is 110 cm³/mol. The van der Waals surface area contributed by atoms with Gasteiger partial charge in [0, 0.05) is 26.8 Å². The molecule has 1 aliphatic rings. The maximum absolute atomic E-state index is 12.8. The van der Waals surface area contributed by atoms with Crippen LogP contribution in [0, 0.1) is 5.92 Å². The topological polar surface area (TPSA) is 79.2 Å². The van der Waals surface area contributed by atoms with Crippen LogP contribution in [0.2, 0.25) is 0 Å². The van der Waals surface area contributed by atoms with Gasteiger partial charge in [-0.15, -0.1) is 0 Å². The van der Waals surface area contributed by atoms with E-state index >= 15 is 0 Å². The van der Waals surface area contributed by atoms with Gasteiger partial charge < -0.3 is 15.1 Å². The Morgan fingerprint density at radius 2 is 1.86 bits per heavy atom. The van der Waals surface area contributed by atoms with Gasteiger partial charge in [-0.25, -0.2) is 4.98 Å². The molecule has 1 aliphatic heterocycles. The van der Waals surface area contributed by atoms with E-state index in [0.717, 1.165) is 17.9 Å². The molecule has 0 bridgehead atoms. The van der Waals surface area contributed by atoms with Gasteiger partial charge in [0.15, 0.2) is 5.82 Å². The quantitative estimate of drug-likeness (QED) is 0.750. The van der Waals surface area contributed by atoms with Crippen molar-refractivity contribution in [3.63, 3.8) is 0 Å². The molecule has 28 heavy (non-hydrogen) atoms. The third kappa shape index (κ3) is 3.17. The molecule has 144 valence electrons. The highest BCUT2D eigenvalue weighted by Gasteiger charge is 2.28. The summed E-state index contributed by atoms with van der Waals surface area (Å²) >= 11 is 0. The summed E-state index contributed by atoms with van der Waals surface area (Å²) in [6.07, 6.45) is 5.36. The van der Waals surface area contributed by atoms with Gasteiger partial charge in [0.1, 0.15) is 5.69 Å². The van der Waals surface area contributed by atoms with Crippen molar-refractivity contribution in [1.29, 1.82) is 0 Å². The summed E-state index contributed by atoms with van der Waals surface area (Å²) in [6, 6.07) is 7.52. The van der Waals surface area contributed by atoms with Gasteiger partial charge in [0.2, 0.25) is 5.95 Å². The smallest absolute Gasteiger partial charge is 0.260 e. The number of fused-ring (bicyclic) bond motifs is 2. The number of rotatable bonds is 4. The first-order valence-electron chi connectivity index (χ1n) is 9.21. The van der Waals surface area contributed by atoms with E-state index in [4.69, 9.17) is 0 Å². The molecule has 0 unspecified atom stereocenters. The Balaban J connectivity index is 1.68. The lowest BCUT2D eigenvalue weighted by Gasteiger charge is -2.21. The molecular formula is C20H23N7O. The van der Waals surface area contributed by atoms with Crippen molar-refractivity contribution < 1.29 is 4.79 Å². The Kier molecular flexibility index (Phi) is 4.46. The van der Waals surface area contributed by atoms with Crippen LogP contribution in [0.15, 0.2) is 42.9 Å². The van der Waals surface area contributed by atoms with E-state index in [2.05, 4.69) is 34.2 Å². The van der Waals surface area contributed by atoms with Crippen molar-refractivity contribution >= 4 is 34.7 Å². The Hall–Kier alpha value is -3.42. The number of aromatic nitrogens is 4. The molecule has 0 aliphatic carbocycles. The molecule has 0 atom stereocenters. The van der Waals surface area contributed by atoms with E-state index in [1.807, 2.05) is 47.1 Å². The average Bonchev–Trinajstić information content (AvgIpc) is 3.09. The van der Waals surface area contributed by atoms with E-state index in [-0.39, 0.29) is 5.91 Å². The monoisotopic (exact) mass is 377 g/mol. The van der Waals surface area contributed by atoms with Crippen LogP contribution in [0.4, 0.5) is 28.8 Å². The number of hydrogen-bond donors (Lipinski definition) is 1. The van der Waals surface area contributed by atoms with Gasteiger partial charge in [-0.2, -0.15) is 10.1 Å². The summed E-state index contributed by atoms with van der Waals surface area (Å²) < 4.78 is 1.89. The maximum atomic E-state index is 12.8. The Bertz CT molecular complexity index is 1030. The molecule has 0 saturated carbocycles. The van der Waals surface area contributed by atoms with Crippen LogP contribution in [0.5, 0.6) is 0 Å². The second-order valence-corrected chi connectivity index (χ2v) is 7.31. The van der Waals surface area contributed by atoms with Crippen LogP contribution in [0.1, 0.15) is 24.2 Å². The zero-order valence-corrected chi connectivity index (χ0v) is 16.4. The fourth-order valence-electron chi connectivity index (χ4n) is 3.29. The Morgan fingerprint density at radius 3 is 2.64 bits per heavy atom. The highest BCUT2D eigenvalue weighted by Crippen LogP contribution is 2.37. The maximum Gasteiger partial charge on any atom is 0.260 e. The minimum absolute atomic E-state index is 0.0829. The van der Waals surface area contributed by atoms with E-state index in [0.29, 0.717) is 28.9 Å². The lowest BCUT2D eigenvalue weighted by molar-refractivity contribution is 0.0994. The zero-order chi connectivity index (χ0) is 19.8.